The molecule has 1 aromatic rings. The number of rotatable bonds is 4. The third-order valence-corrected chi connectivity index (χ3v) is 6.80. The van der Waals surface area contributed by atoms with Gasteiger partial charge in [-0.25, -0.2) is 13.8 Å². The molecule has 46 heavy (non-hydrogen) atoms. The molecule has 2 saturated carbocycles. The van der Waals surface area contributed by atoms with E-state index in [1.807, 2.05) is 0 Å². The van der Waals surface area contributed by atoms with Crippen LogP contribution in [0, 0.1) is 0 Å². The predicted molar refractivity (Wildman–Crippen MR) is 98.6 cm³/mol. The van der Waals surface area contributed by atoms with E-state index in [0.717, 1.165) is 0 Å². The van der Waals surface area contributed by atoms with Crippen LogP contribution in [0.4, 0.5) is 108 Å². The summed E-state index contributed by atoms with van der Waals surface area (Å²) in [6.07, 6.45) is 0.0442. The van der Waals surface area contributed by atoms with Crippen LogP contribution in [0.5, 0.6) is 0 Å². The van der Waals surface area contributed by atoms with E-state index in [9.17, 15) is 106 Å². The van der Waals surface area contributed by atoms with E-state index >= 15 is 0 Å². The number of amides is 2. The zero-order valence-electron chi connectivity index (χ0n) is 20.3. The van der Waals surface area contributed by atoms with Crippen molar-refractivity contribution in [2.75, 3.05) is 10.6 Å². The minimum Gasteiger partial charge on any atom is -0.320 e. The fraction of sp³-hybridized carbons (Fsp3) is 0.632. The second kappa shape index (κ2) is 9.12. The Labute approximate surface area is 235 Å². The normalized spacial score (nSPS) is 29.2. The number of halogens is 22. The van der Waals surface area contributed by atoms with Crippen LogP contribution in [-0.4, -0.2) is 87.4 Å². The molecule has 5 nitrogen and oxygen atoms in total. The Morgan fingerprint density at radius 3 is 1.00 bits per heavy atom. The first-order chi connectivity index (χ1) is 20.0. The number of carbonyl (C=O) groups is 2. The minimum absolute atomic E-state index is 0.0442. The highest BCUT2D eigenvalue weighted by Crippen LogP contribution is 2.71. The van der Waals surface area contributed by atoms with Gasteiger partial charge in [-0.1, -0.05) is 0 Å². The van der Waals surface area contributed by atoms with Crippen molar-refractivity contribution in [3.8, 4) is 0 Å². The van der Waals surface area contributed by atoms with Crippen molar-refractivity contribution in [3.63, 3.8) is 0 Å². The third kappa shape index (κ3) is 3.45. The molecule has 2 N–H and O–H groups in total. The van der Waals surface area contributed by atoms with E-state index < -0.39 is 93.9 Å². The Morgan fingerprint density at radius 2 is 0.696 bits per heavy atom. The van der Waals surface area contributed by atoms with Gasteiger partial charge in [-0.05, 0) is 12.1 Å². The molecule has 27 heteroatoms. The third-order valence-electron chi connectivity index (χ3n) is 6.80. The van der Waals surface area contributed by atoms with Crippen LogP contribution in [0.15, 0.2) is 18.3 Å². The van der Waals surface area contributed by atoms with Gasteiger partial charge < -0.3 is 10.6 Å². The van der Waals surface area contributed by atoms with Gasteiger partial charge in [-0.15, -0.1) is 0 Å². The smallest absolute Gasteiger partial charge is 0.320 e. The van der Waals surface area contributed by atoms with E-state index in [4.69, 9.17) is 0 Å². The van der Waals surface area contributed by atoms with Crippen molar-refractivity contribution >= 4 is 23.3 Å². The summed E-state index contributed by atoms with van der Waals surface area (Å²) in [4.78, 5) is 26.7. The summed E-state index contributed by atoms with van der Waals surface area (Å²) in [5.41, 5.74) is -17.3. The van der Waals surface area contributed by atoms with E-state index in [1.165, 1.54) is 0 Å². The molecule has 0 bridgehead atoms. The summed E-state index contributed by atoms with van der Waals surface area (Å²) in [5, 5.41) is 0.284. The standard InChI is InChI=1S/C19H5F22N3O2/c20-8(10(22,23)14(30,31)18(38,39)15(32,33)11(8,24)25)6(45)43-4-2-1-3-42-5(4)44-7(46)9(21)12(26,27)16(34,35)19(40,41)17(36,37)13(9,28)29/h1-3H,(H,43,45)(H,42,44,46). The molecule has 0 spiro atoms. The quantitative estimate of drug-likeness (QED) is 0.338. The fourth-order valence-corrected chi connectivity index (χ4v) is 4.02. The molecule has 3 rings (SSSR count). The van der Waals surface area contributed by atoms with Gasteiger partial charge in [0.1, 0.15) is 0 Å². The maximum absolute atomic E-state index is 14.9. The molecule has 0 saturated heterocycles. The molecular formula is C19H5F22N3O2. The molecule has 0 unspecified atom stereocenters. The Kier molecular flexibility index (Phi) is 7.34. The molecule has 0 aliphatic heterocycles. The lowest BCUT2D eigenvalue weighted by Crippen LogP contribution is -2.86. The Hall–Kier alpha value is -3.45. The summed E-state index contributed by atoms with van der Waals surface area (Å²) < 4.78 is 305. The highest BCUT2D eigenvalue weighted by molar-refractivity contribution is 6.05. The van der Waals surface area contributed by atoms with Crippen molar-refractivity contribution < 1.29 is 106 Å². The summed E-state index contributed by atoms with van der Waals surface area (Å²) in [5.74, 6) is -89.5. The molecule has 2 aliphatic carbocycles. The second-order valence-electron chi connectivity index (χ2n) is 9.37. The van der Waals surface area contributed by atoms with Crippen molar-refractivity contribution in [2.24, 2.45) is 0 Å². The SMILES string of the molecule is O=C(Nc1cccnc1NC(=O)C1(F)C(F)(F)C(F)(F)C(F)(F)C(F)(F)C1(F)F)C1(F)C(F)(F)C(F)(F)C(F)(F)C(F)(F)C1(F)F. The van der Waals surface area contributed by atoms with Crippen LogP contribution in [0.2, 0.25) is 0 Å². The molecule has 0 aromatic carbocycles. The van der Waals surface area contributed by atoms with Crippen molar-refractivity contribution in [1.29, 1.82) is 0 Å². The Balaban J connectivity index is 2.15. The van der Waals surface area contributed by atoms with Gasteiger partial charge >= 0.3 is 70.6 Å². The predicted octanol–water partition coefficient (Wildman–Crippen LogP) is 6.76. The zero-order chi connectivity index (χ0) is 36.6. The van der Waals surface area contributed by atoms with Crippen molar-refractivity contribution in [1.82, 2.24) is 4.98 Å². The average Bonchev–Trinajstić information content (AvgIpc) is 2.90. The summed E-state index contributed by atoms with van der Waals surface area (Å²) in [7, 11) is 0. The van der Waals surface area contributed by atoms with Gasteiger partial charge in [0.05, 0.1) is 5.69 Å². The minimum atomic E-state index is -7.88. The van der Waals surface area contributed by atoms with Gasteiger partial charge in [-0.2, -0.15) is 87.8 Å². The monoisotopic (exact) mass is 725 g/mol. The lowest BCUT2D eigenvalue weighted by Gasteiger charge is -2.51. The topological polar surface area (TPSA) is 71.1 Å². The van der Waals surface area contributed by atoms with Crippen LogP contribution in [0.1, 0.15) is 0 Å². The number of hydrogen-bond acceptors (Lipinski definition) is 3. The number of pyridine rings is 1. The zero-order valence-corrected chi connectivity index (χ0v) is 20.3. The number of anilines is 2. The van der Waals surface area contributed by atoms with Crippen LogP contribution in [0.25, 0.3) is 0 Å². The largest absolute Gasteiger partial charge is 0.384 e. The van der Waals surface area contributed by atoms with Crippen LogP contribution < -0.4 is 10.6 Å². The number of aromatic nitrogens is 1. The summed E-state index contributed by atoms with van der Waals surface area (Å²) >= 11 is 0. The molecular weight excluding hydrogens is 720 g/mol. The molecule has 2 fully saturated rings. The molecule has 0 radical (unpaired) electrons. The Bertz CT molecular complexity index is 1290. The lowest BCUT2D eigenvalue weighted by molar-refractivity contribution is -0.475. The fourth-order valence-electron chi connectivity index (χ4n) is 4.02. The van der Waals surface area contributed by atoms with Gasteiger partial charge in [-0.3, -0.25) is 9.59 Å². The number of carbonyl (C=O) groups excluding carboxylic acids is 2. The van der Waals surface area contributed by atoms with Gasteiger partial charge in [0.2, 0.25) is 0 Å². The maximum Gasteiger partial charge on any atom is 0.384 e. The maximum atomic E-state index is 14.9. The first kappa shape index (κ1) is 37.0. The Morgan fingerprint density at radius 1 is 0.435 bits per heavy atom. The van der Waals surface area contributed by atoms with Gasteiger partial charge in [0, 0.05) is 6.20 Å². The van der Waals surface area contributed by atoms with Crippen molar-refractivity contribution in [2.45, 2.75) is 70.6 Å². The number of nitrogens with zero attached hydrogens (tertiary/aromatic N) is 1. The molecule has 262 valence electrons. The summed E-state index contributed by atoms with van der Waals surface area (Å²) in [6.45, 7) is 0. The average molecular weight is 725 g/mol. The van der Waals surface area contributed by atoms with E-state index in [2.05, 4.69) is 4.98 Å². The van der Waals surface area contributed by atoms with Crippen LogP contribution in [0.3, 0.4) is 0 Å². The highest BCUT2D eigenvalue weighted by atomic mass is 19.4. The number of alkyl halides is 22. The van der Waals surface area contributed by atoms with E-state index in [-0.39, 0.29) is 29.0 Å². The van der Waals surface area contributed by atoms with Gasteiger partial charge in [0.15, 0.2) is 5.82 Å². The van der Waals surface area contributed by atoms with Crippen LogP contribution in [-0.2, 0) is 9.59 Å². The first-order valence-corrected chi connectivity index (χ1v) is 10.8. The lowest BCUT2D eigenvalue weighted by atomic mass is 9.71. The van der Waals surface area contributed by atoms with Crippen LogP contribution >= 0.6 is 0 Å². The van der Waals surface area contributed by atoms with Crippen molar-refractivity contribution in [3.05, 3.63) is 18.3 Å². The first-order valence-electron chi connectivity index (χ1n) is 10.8. The molecule has 1 aromatic heterocycles. The number of hydrogen-bond donors (Lipinski definition) is 2. The summed E-state index contributed by atoms with van der Waals surface area (Å²) in [6, 6.07) is -0.0458. The highest BCUT2D eigenvalue weighted by Gasteiger charge is 3.04. The number of nitrogens with one attached hydrogen (secondary N) is 2. The second-order valence-corrected chi connectivity index (χ2v) is 9.37. The van der Waals surface area contributed by atoms with E-state index in [0.29, 0.717) is 0 Å². The molecule has 2 amide bonds. The van der Waals surface area contributed by atoms with E-state index in [1.54, 1.807) is 0 Å². The molecule has 2 aliphatic rings. The van der Waals surface area contributed by atoms with Gasteiger partial charge in [0.25, 0.3) is 11.8 Å². The molecule has 1 heterocycles. The molecule has 0 atom stereocenters.